The molecule has 0 radical (unpaired) electrons. The van der Waals surface area contributed by atoms with Gasteiger partial charge in [0.1, 0.15) is 0 Å². The predicted octanol–water partition coefficient (Wildman–Crippen LogP) is 2.97. The van der Waals surface area contributed by atoms with E-state index >= 15 is 0 Å². The molecule has 5 rings (SSSR count). The summed E-state index contributed by atoms with van der Waals surface area (Å²) in [4.78, 5) is 17.5. The van der Waals surface area contributed by atoms with Crippen molar-refractivity contribution in [2.75, 3.05) is 13.1 Å². The summed E-state index contributed by atoms with van der Waals surface area (Å²) < 4.78 is 0. The van der Waals surface area contributed by atoms with Crippen molar-refractivity contribution in [1.29, 1.82) is 0 Å². The largest absolute Gasteiger partial charge is 0.322 e. The average molecular weight is 294 g/mol. The Kier molecular flexibility index (Phi) is 3.38. The van der Waals surface area contributed by atoms with Crippen LogP contribution in [0, 0.1) is 11.8 Å². The molecular formula is C19H22N2O. The highest BCUT2D eigenvalue weighted by Crippen LogP contribution is 2.38. The molecule has 0 saturated carbocycles. The number of H-pyrrole nitrogens is 1. The van der Waals surface area contributed by atoms with Crippen molar-refractivity contribution < 1.29 is 0 Å². The molecule has 3 heteroatoms. The van der Waals surface area contributed by atoms with Crippen molar-refractivity contribution in [3.05, 3.63) is 58.9 Å². The van der Waals surface area contributed by atoms with E-state index in [9.17, 15) is 4.79 Å². The zero-order chi connectivity index (χ0) is 15.1. The third kappa shape index (κ3) is 2.30. The lowest BCUT2D eigenvalue weighted by Gasteiger charge is -2.49. The van der Waals surface area contributed by atoms with Gasteiger partial charge in [0, 0.05) is 29.6 Å². The first-order valence-electron chi connectivity index (χ1n) is 8.22. The van der Waals surface area contributed by atoms with Gasteiger partial charge in [-0.15, -0.1) is 6.58 Å². The molecule has 2 aromatic rings. The molecule has 22 heavy (non-hydrogen) atoms. The van der Waals surface area contributed by atoms with Crippen molar-refractivity contribution in [2.45, 2.75) is 25.3 Å². The molecule has 0 aliphatic carbocycles. The van der Waals surface area contributed by atoms with E-state index in [4.69, 9.17) is 0 Å². The zero-order valence-corrected chi connectivity index (χ0v) is 12.8. The second kappa shape index (κ2) is 5.40. The molecule has 1 aromatic heterocycles. The van der Waals surface area contributed by atoms with Crippen LogP contribution in [-0.2, 0) is 6.42 Å². The van der Waals surface area contributed by atoms with Crippen molar-refractivity contribution in [2.24, 2.45) is 11.8 Å². The second-order valence-corrected chi connectivity index (χ2v) is 6.74. The van der Waals surface area contributed by atoms with Crippen LogP contribution in [0.1, 0.15) is 18.4 Å². The van der Waals surface area contributed by atoms with Gasteiger partial charge in [0.05, 0.1) is 0 Å². The normalized spacial score (nSPS) is 30.5. The van der Waals surface area contributed by atoms with Gasteiger partial charge in [-0.25, -0.2) is 0 Å². The van der Waals surface area contributed by atoms with Gasteiger partial charge in [-0.05, 0) is 49.3 Å². The highest BCUT2D eigenvalue weighted by Gasteiger charge is 2.38. The Morgan fingerprint density at radius 2 is 2.23 bits per heavy atom. The summed E-state index contributed by atoms with van der Waals surface area (Å²) >= 11 is 0. The van der Waals surface area contributed by atoms with Crippen LogP contribution in [-0.4, -0.2) is 29.0 Å². The van der Waals surface area contributed by atoms with Crippen LogP contribution in [0.4, 0.5) is 0 Å². The summed E-state index contributed by atoms with van der Waals surface area (Å²) in [6.45, 7) is 6.33. The maximum absolute atomic E-state index is 11.9. The van der Waals surface area contributed by atoms with Gasteiger partial charge < -0.3 is 4.98 Å². The van der Waals surface area contributed by atoms with E-state index in [-0.39, 0.29) is 5.56 Å². The number of fused-ring (bicyclic) bond motifs is 4. The average Bonchev–Trinajstić information content (AvgIpc) is 2.55. The van der Waals surface area contributed by atoms with Gasteiger partial charge >= 0.3 is 0 Å². The van der Waals surface area contributed by atoms with Crippen LogP contribution in [0.5, 0.6) is 0 Å². The fraction of sp³-hybridized carbons (Fsp3) is 0.421. The molecule has 3 nitrogen and oxygen atoms in total. The lowest BCUT2D eigenvalue weighted by Crippen LogP contribution is -2.53. The number of aromatic nitrogens is 1. The molecule has 1 aromatic carbocycles. The van der Waals surface area contributed by atoms with Crippen LogP contribution in [0.2, 0.25) is 0 Å². The summed E-state index contributed by atoms with van der Waals surface area (Å²) in [6.07, 6.45) is 5.64. The number of benzene rings is 1. The molecular weight excluding hydrogens is 272 g/mol. The molecule has 0 spiro atoms. The lowest BCUT2D eigenvalue weighted by atomic mass is 9.74. The Hall–Kier alpha value is -1.87. The summed E-state index contributed by atoms with van der Waals surface area (Å²) in [5.74, 6) is 1.43. The van der Waals surface area contributed by atoms with Crippen molar-refractivity contribution in [1.82, 2.24) is 9.88 Å². The monoisotopic (exact) mass is 294 g/mol. The van der Waals surface area contributed by atoms with E-state index in [1.54, 1.807) is 6.07 Å². The minimum Gasteiger partial charge on any atom is -0.322 e. The first-order valence-corrected chi connectivity index (χ1v) is 8.22. The minimum absolute atomic E-state index is 0.00800. The first kappa shape index (κ1) is 13.8. The number of hydrogen-bond acceptors (Lipinski definition) is 2. The first-order chi connectivity index (χ1) is 10.7. The number of piperidine rings is 3. The maximum atomic E-state index is 11.9. The molecule has 3 saturated heterocycles. The van der Waals surface area contributed by atoms with Gasteiger partial charge in [0.15, 0.2) is 0 Å². The number of para-hydroxylation sites is 1. The lowest BCUT2D eigenvalue weighted by molar-refractivity contribution is 0.0196. The van der Waals surface area contributed by atoms with Gasteiger partial charge in [-0.1, -0.05) is 24.3 Å². The standard InChI is InChI=1S/C19H22N2O/c1-2-13-12-21-8-7-14(13)9-16(21)10-15-11-19(22)20-18-6-4-3-5-17(15)18/h2-6,11,13-14,16H,1,7-10,12H2,(H,20,22)/t13-,14+,16+/m0/s1. The Morgan fingerprint density at radius 3 is 3.00 bits per heavy atom. The van der Waals surface area contributed by atoms with Crippen LogP contribution >= 0.6 is 0 Å². The van der Waals surface area contributed by atoms with Crippen LogP contribution in [0.15, 0.2) is 47.8 Å². The third-order valence-electron chi connectivity index (χ3n) is 5.52. The molecule has 1 N–H and O–H groups in total. The van der Waals surface area contributed by atoms with Gasteiger partial charge in [0.25, 0.3) is 0 Å². The third-order valence-corrected chi connectivity index (χ3v) is 5.52. The molecule has 114 valence electrons. The summed E-state index contributed by atoms with van der Waals surface area (Å²) in [5.41, 5.74) is 2.14. The molecule has 1 unspecified atom stereocenters. The Morgan fingerprint density at radius 1 is 1.36 bits per heavy atom. The minimum atomic E-state index is 0.00800. The fourth-order valence-corrected chi connectivity index (χ4v) is 4.36. The van der Waals surface area contributed by atoms with E-state index in [1.165, 1.54) is 30.3 Å². The molecule has 0 amide bonds. The van der Waals surface area contributed by atoms with Crippen molar-refractivity contribution in [3.8, 4) is 0 Å². The highest BCUT2D eigenvalue weighted by atomic mass is 16.1. The molecule has 3 aliphatic heterocycles. The zero-order valence-electron chi connectivity index (χ0n) is 12.8. The van der Waals surface area contributed by atoms with E-state index in [1.807, 2.05) is 18.2 Å². The van der Waals surface area contributed by atoms with Crippen LogP contribution in [0.25, 0.3) is 10.9 Å². The number of nitrogens with zero attached hydrogens (tertiary/aromatic N) is 1. The fourth-order valence-electron chi connectivity index (χ4n) is 4.36. The van der Waals surface area contributed by atoms with Crippen molar-refractivity contribution >= 4 is 10.9 Å². The van der Waals surface area contributed by atoms with Crippen LogP contribution < -0.4 is 5.56 Å². The number of rotatable bonds is 3. The molecule has 4 heterocycles. The molecule has 3 fully saturated rings. The number of aromatic amines is 1. The summed E-state index contributed by atoms with van der Waals surface area (Å²) in [6, 6.07) is 10.5. The molecule has 3 aliphatic rings. The Balaban J connectivity index is 1.65. The van der Waals surface area contributed by atoms with Gasteiger partial charge in [-0.2, -0.15) is 0 Å². The smallest absolute Gasteiger partial charge is 0.248 e. The summed E-state index contributed by atoms with van der Waals surface area (Å²) in [7, 11) is 0. The van der Waals surface area contributed by atoms with E-state index in [2.05, 4.69) is 28.6 Å². The molecule has 2 bridgehead atoms. The number of pyridine rings is 1. The van der Waals surface area contributed by atoms with E-state index < -0.39 is 0 Å². The summed E-state index contributed by atoms with van der Waals surface area (Å²) in [5, 5.41) is 1.19. The quantitative estimate of drug-likeness (QED) is 0.884. The van der Waals surface area contributed by atoms with Crippen molar-refractivity contribution in [3.63, 3.8) is 0 Å². The predicted molar refractivity (Wildman–Crippen MR) is 90.0 cm³/mol. The maximum Gasteiger partial charge on any atom is 0.248 e. The Labute approximate surface area is 130 Å². The topological polar surface area (TPSA) is 36.1 Å². The van der Waals surface area contributed by atoms with E-state index in [0.717, 1.165) is 24.4 Å². The number of hydrogen-bond donors (Lipinski definition) is 1. The Bertz CT molecular complexity index is 763. The highest BCUT2D eigenvalue weighted by molar-refractivity contribution is 5.81. The number of nitrogens with one attached hydrogen (secondary N) is 1. The van der Waals surface area contributed by atoms with Gasteiger partial charge in [-0.3, -0.25) is 9.69 Å². The molecule has 4 atom stereocenters. The van der Waals surface area contributed by atoms with Gasteiger partial charge in [0.2, 0.25) is 5.56 Å². The van der Waals surface area contributed by atoms with Crippen LogP contribution in [0.3, 0.4) is 0 Å². The SMILES string of the molecule is C=C[C@H]1CN2CC[C@@H]1C[C@@H]2Cc1cc(=O)[nH]c2ccccc12. The van der Waals surface area contributed by atoms with E-state index in [0.29, 0.717) is 12.0 Å². The second-order valence-electron chi connectivity index (χ2n) is 6.74.